The highest BCUT2D eigenvalue weighted by atomic mass is 19.1. The molecule has 0 aliphatic carbocycles. The summed E-state index contributed by atoms with van der Waals surface area (Å²) in [4.78, 5) is 14.8. The molecule has 1 aromatic heterocycles. The number of ether oxygens (including phenoxy) is 1. The van der Waals surface area contributed by atoms with Crippen LogP contribution in [0.15, 0.2) is 66.9 Å². The first kappa shape index (κ1) is 20.6. The molecule has 0 N–H and O–H groups in total. The van der Waals surface area contributed by atoms with E-state index in [-0.39, 0.29) is 5.91 Å². The summed E-state index contributed by atoms with van der Waals surface area (Å²) >= 11 is 0. The second-order valence-electron chi connectivity index (χ2n) is 7.07. The Bertz CT molecular complexity index is 951. The van der Waals surface area contributed by atoms with Crippen LogP contribution >= 0.6 is 0 Å². The molecular formula is C24H27FN2O2. The fraction of sp³-hybridized carbons (Fsp3) is 0.292. The van der Waals surface area contributed by atoms with Crippen molar-refractivity contribution in [3.63, 3.8) is 0 Å². The molecule has 1 heterocycles. The second kappa shape index (κ2) is 9.92. The Morgan fingerprint density at radius 2 is 1.93 bits per heavy atom. The van der Waals surface area contributed by atoms with Gasteiger partial charge in [0.2, 0.25) is 0 Å². The lowest BCUT2D eigenvalue weighted by atomic mass is 10.1. The number of nitrogens with zero attached hydrogens (tertiary/aromatic N) is 2. The van der Waals surface area contributed by atoms with Crippen LogP contribution in [0.25, 0.3) is 0 Å². The minimum Gasteiger partial charge on any atom is -0.497 e. The van der Waals surface area contributed by atoms with Crippen molar-refractivity contribution in [1.82, 2.24) is 9.47 Å². The first-order valence-electron chi connectivity index (χ1n) is 9.92. The molecule has 0 radical (unpaired) electrons. The zero-order valence-corrected chi connectivity index (χ0v) is 17.0. The van der Waals surface area contributed by atoms with Crippen LogP contribution in [0, 0.1) is 5.82 Å². The van der Waals surface area contributed by atoms with Crippen LogP contribution in [0.3, 0.4) is 0 Å². The average molecular weight is 394 g/mol. The Labute approximate surface area is 171 Å². The van der Waals surface area contributed by atoms with E-state index in [1.54, 1.807) is 24.1 Å². The molecule has 1 amide bonds. The van der Waals surface area contributed by atoms with E-state index < -0.39 is 5.82 Å². The zero-order chi connectivity index (χ0) is 20.6. The van der Waals surface area contributed by atoms with Gasteiger partial charge in [0.15, 0.2) is 0 Å². The Hall–Kier alpha value is -3.08. The van der Waals surface area contributed by atoms with Gasteiger partial charge in [0.1, 0.15) is 11.6 Å². The highest BCUT2D eigenvalue weighted by molar-refractivity contribution is 5.94. The molecule has 0 saturated heterocycles. The molecular weight excluding hydrogens is 367 g/mol. The third-order valence-corrected chi connectivity index (χ3v) is 4.90. The van der Waals surface area contributed by atoms with Crippen LogP contribution in [0.5, 0.6) is 5.75 Å². The molecule has 0 bridgehead atoms. The number of halogens is 1. The van der Waals surface area contributed by atoms with Crippen molar-refractivity contribution in [2.24, 2.45) is 0 Å². The number of hydrogen-bond acceptors (Lipinski definition) is 2. The molecule has 2 aromatic carbocycles. The predicted molar refractivity (Wildman–Crippen MR) is 113 cm³/mol. The lowest BCUT2D eigenvalue weighted by molar-refractivity contribution is 0.0736. The van der Waals surface area contributed by atoms with Gasteiger partial charge in [-0.25, -0.2) is 4.39 Å². The van der Waals surface area contributed by atoms with Crippen molar-refractivity contribution >= 4 is 5.91 Å². The summed E-state index contributed by atoms with van der Waals surface area (Å²) in [5.74, 6) is 0.279. The van der Waals surface area contributed by atoms with Gasteiger partial charge in [-0.1, -0.05) is 31.5 Å². The molecule has 29 heavy (non-hydrogen) atoms. The van der Waals surface area contributed by atoms with E-state index in [1.807, 2.05) is 36.5 Å². The van der Waals surface area contributed by atoms with Crippen LogP contribution in [0.1, 0.15) is 41.4 Å². The van der Waals surface area contributed by atoms with Crippen LogP contribution in [-0.4, -0.2) is 29.0 Å². The summed E-state index contributed by atoms with van der Waals surface area (Å²) in [5.41, 5.74) is 2.54. The molecule has 5 heteroatoms. The predicted octanol–water partition coefficient (Wildman–Crippen LogP) is 5.13. The quantitative estimate of drug-likeness (QED) is 0.504. The van der Waals surface area contributed by atoms with Gasteiger partial charge in [0, 0.05) is 30.5 Å². The van der Waals surface area contributed by atoms with Crippen molar-refractivity contribution < 1.29 is 13.9 Å². The minimum absolute atomic E-state index is 0.146. The van der Waals surface area contributed by atoms with Gasteiger partial charge < -0.3 is 14.2 Å². The molecule has 0 aliphatic heterocycles. The molecule has 0 aliphatic rings. The van der Waals surface area contributed by atoms with E-state index >= 15 is 0 Å². The molecule has 0 saturated carbocycles. The number of carbonyl (C=O) groups is 1. The maximum atomic E-state index is 13.6. The van der Waals surface area contributed by atoms with Gasteiger partial charge in [-0.05, 0) is 54.4 Å². The molecule has 0 unspecified atom stereocenters. The lowest BCUT2D eigenvalue weighted by Gasteiger charge is -2.24. The zero-order valence-electron chi connectivity index (χ0n) is 17.0. The van der Waals surface area contributed by atoms with Crippen molar-refractivity contribution in [2.75, 3.05) is 13.7 Å². The summed E-state index contributed by atoms with van der Waals surface area (Å²) in [6.45, 7) is 3.90. The lowest BCUT2D eigenvalue weighted by Crippen LogP contribution is -2.32. The molecule has 0 spiro atoms. The van der Waals surface area contributed by atoms with Gasteiger partial charge in [-0.2, -0.15) is 0 Å². The maximum absolute atomic E-state index is 13.6. The van der Waals surface area contributed by atoms with Crippen molar-refractivity contribution in [3.05, 3.63) is 89.5 Å². The third-order valence-electron chi connectivity index (χ3n) is 4.90. The Morgan fingerprint density at radius 1 is 1.10 bits per heavy atom. The monoisotopic (exact) mass is 394 g/mol. The van der Waals surface area contributed by atoms with Crippen molar-refractivity contribution in [3.8, 4) is 5.75 Å². The number of rotatable bonds is 9. The van der Waals surface area contributed by atoms with Crippen LogP contribution < -0.4 is 4.74 Å². The number of unbranched alkanes of at least 4 members (excludes halogenated alkanes) is 1. The smallest absolute Gasteiger partial charge is 0.254 e. The molecule has 0 atom stereocenters. The molecule has 4 nitrogen and oxygen atoms in total. The van der Waals surface area contributed by atoms with E-state index in [2.05, 4.69) is 17.6 Å². The number of carbonyl (C=O) groups excluding carboxylic acids is 1. The Kier molecular flexibility index (Phi) is 7.06. The van der Waals surface area contributed by atoms with Gasteiger partial charge in [-0.15, -0.1) is 0 Å². The van der Waals surface area contributed by atoms with Crippen molar-refractivity contribution in [2.45, 2.75) is 32.9 Å². The molecule has 3 rings (SSSR count). The second-order valence-corrected chi connectivity index (χ2v) is 7.07. The van der Waals surface area contributed by atoms with E-state index in [9.17, 15) is 9.18 Å². The van der Waals surface area contributed by atoms with Crippen LogP contribution in [0.4, 0.5) is 4.39 Å². The van der Waals surface area contributed by atoms with Gasteiger partial charge in [0.05, 0.1) is 13.7 Å². The normalized spacial score (nSPS) is 10.7. The highest BCUT2D eigenvalue weighted by Gasteiger charge is 2.18. The van der Waals surface area contributed by atoms with E-state index in [0.29, 0.717) is 25.2 Å². The summed E-state index contributed by atoms with van der Waals surface area (Å²) < 4.78 is 21.0. The Balaban J connectivity index is 1.79. The topological polar surface area (TPSA) is 34.5 Å². The SMILES string of the molecule is CCCCN(Cc1cccn1Cc1cccc(OC)c1)C(=O)c1cccc(F)c1. The van der Waals surface area contributed by atoms with E-state index in [0.717, 1.165) is 29.8 Å². The summed E-state index contributed by atoms with van der Waals surface area (Å²) in [6, 6.07) is 17.9. The number of aromatic nitrogens is 1. The minimum atomic E-state index is -0.396. The fourth-order valence-electron chi connectivity index (χ4n) is 3.32. The largest absolute Gasteiger partial charge is 0.497 e. The number of hydrogen-bond donors (Lipinski definition) is 0. The van der Waals surface area contributed by atoms with Crippen LogP contribution in [-0.2, 0) is 13.1 Å². The van der Waals surface area contributed by atoms with Gasteiger partial charge in [-0.3, -0.25) is 4.79 Å². The Morgan fingerprint density at radius 3 is 2.69 bits per heavy atom. The maximum Gasteiger partial charge on any atom is 0.254 e. The first-order valence-corrected chi connectivity index (χ1v) is 9.92. The van der Waals surface area contributed by atoms with Crippen molar-refractivity contribution in [1.29, 1.82) is 0 Å². The summed E-state index contributed by atoms with van der Waals surface area (Å²) in [6.07, 6.45) is 3.90. The number of methoxy groups -OCH3 is 1. The number of amides is 1. The third kappa shape index (κ3) is 5.47. The average Bonchev–Trinajstić information content (AvgIpc) is 3.17. The van der Waals surface area contributed by atoms with Gasteiger partial charge >= 0.3 is 0 Å². The standard InChI is InChI=1S/C24H27FN2O2/c1-3-4-13-27(24(28)20-9-6-10-21(25)16-20)18-22-11-7-14-26(22)17-19-8-5-12-23(15-19)29-2/h5-12,14-16H,3-4,13,17-18H2,1-2H3. The van der Waals surface area contributed by atoms with Gasteiger partial charge in [0.25, 0.3) is 5.91 Å². The van der Waals surface area contributed by atoms with Crippen LogP contribution in [0.2, 0.25) is 0 Å². The van der Waals surface area contributed by atoms with E-state index in [4.69, 9.17) is 4.74 Å². The summed E-state index contributed by atoms with van der Waals surface area (Å²) in [5, 5.41) is 0. The van der Waals surface area contributed by atoms with E-state index in [1.165, 1.54) is 12.1 Å². The molecule has 3 aromatic rings. The summed E-state index contributed by atoms with van der Waals surface area (Å²) in [7, 11) is 1.66. The first-order chi connectivity index (χ1) is 14.1. The highest BCUT2D eigenvalue weighted by Crippen LogP contribution is 2.17. The fourth-order valence-corrected chi connectivity index (χ4v) is 3.32. The molecule has 0 fully saturated rings. The number of benzene rings is 2. The molecule has 152 valence electrons.